The number of carbonyl (C=O) groups excluding carboxylic acids is 1. The van der Waals surface area contributed by atoms with Gasteiger partial charge in [0.1, 0.15) is 17.1 Å². The Hall–Kier alpha value is -2.76. The van der Waals surface area contributed by atoms with Crippen molar-refractivity contribution in [2.45, 2.75) is 32.2 Å². The first-order valence-corrected chi connectivity index (χ1v) is 8.99. The van der Waals surface area contributed by atoms with Crippen LogP contribution in [0.25, 0.3) is 11.0 Å². The van der Waals surface area contributed by atoms with Gasteiger partial charge in [-0.3, -0.25) is 9.48 Å². The first kappa shape index (κ1) is 16.7. The number of hydrogen-bond donors (Lipinski definition) is 0. The molecule has 0 atom stereocenters. The Morgan fingerprint density at radius 3 is 3.00 bits per heavy atom. The highest BCUT2D eigenvalue weighted by atomic mass is 16.5. The van der Waals surface area contributed by atoms with E-state index < -0.39 is 0 Å². The molecule has 0 bridgehead atoms. The molecule has 2 aromatic heterocycles. The summed E-state index contributed by atoms with van der Waals surface area (Å²) in [7, 11) is 3.63. The maximum Gasteiger partial charge on any atom is 0.260 e. The number of amides is 1. The summed E-state index contributed by atoms with van der Waals surface area (Å²) < 4.78 is 13.4. The minimum absolute atomic E-state index is 0.0162. The van der Waals surface area contributed by atoms with E-state index in [-0.39, 0.29) is 12.5 Å². The number of aromatic nitrogens is 2. The van der Waals surface area contributed by atoms with Gasteiger partial charge in [0.15, 0.2) is 6.61 Å². The van der Waals surface area contributed by atoms with E-state index in [1.165, 1.54) is 18.4 Å². The zero-order chi connectivity index (χ0) is 18.1. The maximum absolute atomic E-state index is 12.3. The van der Waals surface area contributed by atoms with Gasteiger partial charge in [-0.05, 0) is 37.5 Å². The molecular weight excluding hydrogens is 330 g/mol. The normalized spacial score (nSPS) is 13.6. The lowest BCUT2D eigenvalue weighted by Gasteiger charge is -2.16. The second kappa shape index (κ2) is 6.86. The van der Waals surface area contributed by atoms with E-state index in [4.69, 9.17) is 9.15 Å². The third-order valence-corrected chi connectivity index (χ3v) is 4.89. The number of furan rings is 1. The summed E-state index contributed by atoms with van der Waals surface area (Å²) in [6.45, 7) is 0.534. The van der Waals surface area contributed by atoms with Gasteiger partial charge in [-0.15, -0.1) is 0 Å². The van der Waals surface area contributed by atoms with E-state index in [9.17, 15) is 4.79 Å². The number of aryl methyl sites for hydroxylation is 3. The van der Waals surface area contributed by atoms with Crippen LogP contribution in [0.15, 0.2) is 35.0 Å². The Bertz CT molecular complexity index is 941. The molecule has 1 aliphatic rings. The van der Waals surface area contributed by atoms with Crippen molar-refractivity contribution in [2.75, 3.05) is 13.7 Å². The monoisotopic (exact) mass is 353 g/mol. The minimum atomic E-state index is -0.0665. The van der Waals surface area contributed by atoms with Crippen LogP contribution in [-0.2, 0) is 31.2 Å². The van der Waals surface area contributed by atoms with Crippen molar-refractivity contribution in [2.24, 2.45) is 7.05 Å². The number of ether oxygens (including phenoxy) is 1. The fourth-order valence-electron chi connectivity index (χ4n) is 3.50. The van der Waals surface area contributed by atoms with Gasteiger partial charge < -0.3 is 14.1 Å². The molecule has 0 radical (unpaired) electrons. The molecule has 1 amide bonds. The van der Waals surface area contributed by atoms with Gasteiger partial charge >= 0.3 is 0 Å². The van der Waals surface area contributed by atoms with E-state index >= 15 is 0 Å². The zero-order valence-electron chi connectivity index (χ0n) is 15.2. The molecule has 0 aliphatic heterocycles. The third-order valence-electron chi connectivity index (χ3n) is 4.89. The average molecular weight is 353 g/mol. The molecule has 1 aromatic carbocycles. The van der Waals surface area contributed by atoms with Crippen molar-refractivity contribution < 1.29 is 13.9 Å². The molecule has 4 rings (SSSR count). The zero-order valence-corrected chi connectivity index (χ0v) is 15.2. The van der Waals surface area contributed by atoms with Crippen LogP contribution in [0.5, 0.6) is 5.75 Å². The molecule has 0 spiro atoms. The summed E-state index contributed by atoms with van der Waals surface area (Å²) in [6.07, 6.45) is 8.12. The highest BCUT2D eigenvalue weighted by Gasteiger charge is 2.18. The number of nitrogens with zero attached hydrogens (tertiary/aromatic N) is 3. The van der Waals surface area contributed by atoms with Gasteiger partial charge in [-0.2, -0.15) is 5.10 Å². The molecule has 0 saturated carbocycles. The molecular formula is C20H23N3O3. The van der Waals surface area contributed by atoms with Crippen LogP contribution < -0.4 is 4.74 Å². The summed E-state index contributed by atoms with van der Waals surface area (Å²) in [4.78, 5) is 14.0. The van der Waals surface area contributed by atoms with E-state index in [1.54, 1.807) is 22.8 Å². The number of fused-ring (bicyclic) bond motifs is 3. The predicted molar refractivity (Wildman–Crippen MR) is 98.0 cm³/mol. The molecule has 3 aromatic rings. The van der Waals surface area contributed by atoms with Crippen molar-refractivity contribution in [3.63, 3.8) is 0 Å². The fraction of sp³-hybridized carbons (Fsp3) is 0.400. The second-order valence-corrected chi connectivity index (χ2v) is 6.93. The molecule has 26 heavy (non-hydrogen) atoms. The van der Waals surface area contributed by atoms with Crippen LogP contribution in [0.1, 0.15) is 29.7 Å². The molecule has 0 unspecified atom stereocenters. The summed E-state index contributed by atoms with van der Waals surface area (Å²) in [5.74, 6) is 1.74. The van der Waals surface area contributed by atoms with Gasteiger partial charge in [0, 0.05) is 49.8 Å². The number of hydrogen-bond acceptors (Lipinski definition) is 4. The predicted octanol–water partition coefficient (Wildman–Crippen LogP) is 3.08. The summed E-state index contributed by atoms with van der Waals surface area (Å²) in [6, 6.07) is 5.80. The Kier molecular flexibility index (Phi) is 4.41. The Morgan fingerprint density at radius 2 is 2.19 bits per heavy atom. The van der Waals surface area contributed by atoms with Gasteiger partial charge in [0.25, 0.3) is 5.91 Å². The van der Waals surface area contributed by atoms with Crippen molar-refractivity contribution >= 4 is 16.9 Å². The molecule has 6 nitrogen and oxygen atoms in total. The highest BCUT2D eigenvalue weighted by molar-refractivity contribution is 5.84. The van der Waals surface area contributed by atoms with E-state index in [0.29, 0.717) is 12.3 Å². The lowest BCUT2D eigenvalue weighted by atomic mass is 9.96. The molecule has 1 aliphatic carbocycles. The van der Waals surface area contributed by atoms with Gasteiger partial charge in [0.2, 0.25) is 0 Å². The number of rotatable bonds is 5. The average Bonchev–Trinajstić information content (AvgIpc) is 3.22. The molecule has 0 saturated heterocycles. The first-order valence-electron chi connectivity index (χ1n) is 8.99. The van der Waals surface area contributed by atoms with Crippen LogP contribution in [-0.4, -0.2) is 34.2 Å². The Balaban J connectivity index is 1.41. The fourth-order valence-corrected chi connectivity index (χ4v) is 3.50. The quantitative estimate of drug-likeness (QED) is 0.707. The van der Waals surface area contributed by atoms with E-state index in [2.05, 4.69) is 5.10 Å². The van der Waals surface area contributed by atoms with Crippen molar-refractivity contribution in [1.29, 1.82) is 0 Å². The summed E-state index contributed by atoms with van der Waals surface area (Å²) in [5.41, 5.74) is 3.20. The van der Waals surface area contributed by atoms with E-state index in [0.717, 1.165) is 35.1 Å². The SMILES string of the molecule is CN(Cc1cnn(C)c1)C(=O)COc1ccc2oc3c(c2c1)CCCC3. The lowest BCUT2D eigenvalue weighted by Crippen LogP contribution is -2.30. The van der Waals surface area contributed by atoms with Crippen LogP contribution >= 0.6 is 0 Å². The molecule has 2 heterocycles. The van der Waals surface area contributed by atoms with Gasteiger partial charge in [0.05, 0.1) is 6.20 Å². The van der Waals surface area contributed by atoms with Gasteiger partial charge in [-0.1, -0.05) is 0 Å². The largest absolute Gasteiger partial charge is 0.484 e. The van der Waals surface area contributed by atoms with Crippen molar-refractivity contribution in [1.82, 2.24) is 14.7 Å². The van der Waals surface area contributed by atoms with Crippen LogP contribution in [0.2, 0.25) is 0 Å². The maximum atomic E-state index is 12.3. The summed E-state index contributed by atoms with van der Waals surface area (Å²) in [5, 5.41) is 5.24. The molecule has 136 valence electrons. The third kappa shape index (κ3) is 3.31. The van der Waals surface area contributed by atoms with E-state index in [1.807, 2.05) is 31.4 Å². The summed E-state index contributed by atoms with van der Waals surface area (Å²) >= 11 is 0. The number of benzene rings is 1. The second-order valence-electron chi connectivity index (χ2n) is 6.93. The Morgan fingerprint density at radius 1 is 1.35 bits per heavy atom. The molecule has 0 N–H and O–H groups in total. The van der Waals surface area contributed by atoms with Crippen LogP contribution in [0.3, 0.4) is 0 Å². The van der Waals surface area contributed by atoms with Crippen molar-refractivity contribution in [3.05, 3.63) is 47.5 Å². The minimum Gasteiger partial charge on any atom is -0.484 e. The molecule has 6 heteroatoms. The smallest absolute Gasteiger partial charge is 0.260 e. The van der Waals surface area contributed by atoms with Gasteiger partial charge in [-0.25, -0.2) is 0 Å². The topological polar surface area (TPSA) is 60.5 Å². The molecule has 0 fully saturated rings. The number of carbonyl (C=O) groups is 1. The lowest BCUT2D eigenvalue weighted by molar-refractivity contribution is -0.132. The highest BCUT2D eigenvalue weighted by Crippen LogP contribution is 2.33. The standard InChI is InChI=1S/C20H23N3O3/c1-22(11-14-10-21-23(2)12-14)20(24)13-25-15-7-8-19-17(9-15)16-5-3-4-6-18(16)26-19/h7-10,12H,3-6,11,13H2,1-2H3. The Labute approximate surface area is 152 Å². The number of likely N-dealkylation sites (N-methyl/N-ethyl adjacent to an activating group) is 1. The van der Waals surface area contributed by atoms with Crippen LogP contribution in [0.4, 0.5) is 0 Å². The first-order chi connectivity index (χ1) is 12.6. The van der Waals surface area contributed by atoms with Crippen LogP contribution in [0, 0.1) is 0 Å². The van der Waals surface area contributed by atoms with Crippen molar-refractivity contribution in [3.8, 4) is 5.75 Å².